The van der Waals surface area contributed by atoms with Crippen molar-refractivity contribution < 1.29 is 0 Å². The van der Waals surface area contributed by atoms with E-state index in [1.807, 2.05) is 0 Å². The minimum absolute atomic E-state index is 0.138. The van der Waals surface area contributed by atoms with Crippen molar-refractivity contribution in [3.05, 3.63) is 241 Å². The second-order valence-electron chi connectivity index (χ2n) is 29.3. The predicted octanol–water partition coefficient (Wildman–Crippen LogP) is 21.2. The fourth-order valence-corrected chi connectivity index (χ4v) is 14.7. The van der Waals surface area contributed by atoms with Gasteiger partial charge in [-0.15, -0.1) is 0 Å². The molecule has 0 saturated heterocycles. The largest absolute Gasteiger partial charge is 0.311 e. The minimum Gasteiger partial charge on any atom is -0.311 e. The van der Waals surface area contributed by atoms with Crippen LogP contribution in [0.5, 0.6) is 0 Å². The molecule has 0 amide bonds. The predicted molar refractivity (Wildman–Crippen MR) is 377 cm³/mol. The van der Waals surface area contributed by atoms with E-state index in [0.29, 0.717) is 0 Å². The molecule has 0 atom stereocenters. The zero-order valence-corrected chi connectivity index (χ0v) is 52.2. The lowest BCUT2D eigenvalue weighted by Crippen LogP contribution is -2.61. The molecular weight excluding hydrogens is 1050 g/mol. The number of hydrogen-bond donors (Lipinski definition) is 0. The Bertz CT molecular complexity index is 4730. The molecule has 0 radical (unpaired) electrons. The van der Waals surface area contributed by atoms with Crippen LogP contribution in [-0.2, 0) is 21.7 Å². The quantitative estimate of drug-likeness (QED) is 0.126. The van der Waals surface area contributed by atoms with Gasteiger partial charge in [0.05, 0.1) is 11.4 Å². The van der Waals surface area contributed by atoms with Crippen molar-refractivity contribution in [2.24, 2.45) is 0 Å². The average molecular weight is 1120 g/mol. The molecule has 16 rings (SSSR count). The SMILES string of the molecule is CC(C)(C)c1cc(N2c3cc(-c4cc(-c5ccccc5)nc(-c5ccccc5)c4)cc4c3B(c3c2cc2ccc5cccc6ccc3c2c56)c2c(cc3ccc5cccc6ccc2c3c56)N4c2cc(C(C)(C)C)cc(C(C)(C)C)c2)cc(C(C)(C)C)c1. The van der Waals surface area contributed by atoms with Crippen LogP contribution in [0.1, 0.15) is 105 Å². The number of anilines is 6. The summed E-state index contributed by atoms with van der Waals surface area (Å²) in [4.78, 5) is 10.9. The Labute approximate surface area is 512 Å². The Morgan fingerprint density at radius 1 is 0.276 bits per heavy atom. The summed E-state index contributed by atoms with van der Waals surface area (Å²) in [7, 11) is 0. The van der Waals surface area contributed by atoms with Gasteiger partial charge < -0.3 is 9.80 Å². The summed E-state index contributed by atoms with van der Waals surface area (Å²) in [5, 5.41) is 15.5. The third kappa shape index (κ3) is 8.34. The van der Waals surface area contributed by atoms with E-state index >= 15 is 0 Å². The summed E-state index contributed by atoms with van der Waals surface area (Å²) in [6.07, 6.45) is 0. The van der Waals surface area contributed by atoms with Crippen molar-refractivity contribution in [2.75, 3.05) is 9.80 Å². The Hall–Kier alpha value is -9.25. The van der Waals surface area contributed by atoms with Crippen LogP contribution in [-0.4, -0.2) is 11.7 Å². The Kier molecular flexibility index (Phi) is 11.4. The number of aromatic nitrogens is 1. The van der Waals surface area contributed by atoms with E-state index in [2.05, 4.69) is 311 Å². The fraction of sp³-hybridized carbons (Fsp3) is 0.193. The van der Waals surface area contributed by atoms with Gasteiger partial charge in [0.25, 0.3) is 6.71 Å². The van der Waals surface area contributed by atoms with Gasteiger partial charge in [-0.1, -0.05) is 241 Å². The lowest BCUT2D eigenvalue weighted by atomic mass is 9.32. The van der Waals surface area contributed by atoms with Crippen molar-refractivity contribution in [3.8, 4) is 33.6 Å². The summed E-state index contributed by atoms with van der Waals surface area (Å²) in [6.45, 7) is 28.3. The molecule has 422 valence electrons. The van der Waals surface area contributed by atoms with Crippen LogP contribution in [0.3, 0.4) is 0 Å². The second-order valence-corrected chi connectivity index (χ2v) is 29.3. The van der Waals surface area contributed by atoms with Gasteiger partial charge in [0.1, 0.15) is 0 Å². The molecule has 0 unspecified atom stereocenters. The van der Waals surface area contributed by atoms with Crippen LogP contribution in [0, 0.1) is 0 Å². The molecular formula is C83H72BN3. The van der Waals surface area contributed by atoms with E-state index in [1.165, 1.54) is 137 Å². The molecule has 0 spiro atoms. The highest BCUT2D eigenvalue weighted by Gasteiger charge is 2.47. The molecule has 4 heteroatoms. The molecule has 0 aliphatic carbocycles. The second kappa shape index (κ2) is 18.6. The topological polar surface area (TPSA) is 19.4 Å². The smallest absolute Gasteiger partial charge is 0.253 e. The highest BCUT2D eigenvalue weighted by atomic mass is 15.2. The van der Waals surface area contributed by atoms with E-state index in [0.717, 1.165) is 33.6 Å². The van der Waals surface area contributed by atoms with Gasteiger partial charge in [-0.25, -0.2) is 4.98 Å². The third-order valence-electron chi connectivity index (χ3n) is 19.4. The Morgan fingerprint density at radius 3 is 0.977 bits per heavy atom. The van der Waals surface area contributed by atoms with E-state index in [4.69, 9.17) is 4.98 Å². The highest BCUT2D eigenvalue weighted by molar-refractivity contribution is 7.03. The van der Waals surface area contributed by atoms with E-state index in [-0.39, 0.29) is 28.4 Å². The van der Waals surface area contributed by atoms with Gasteiger partial charge in [0.15, 0.2) is 0 Å². The number of benzene rings is 13. The van der Waals surface area contributed by atoms with E-state index in [1.54, 1.807) is 0 Å². The van der Waals surface area contributed by atoms with Gasteiger partial charge in [0.2, 0.25) is 0 Å². The first kappa shape index (κ1) is 53.2. The first-order valence-electron chi connectivity index (χ1n) is 31.3. The van der Waals surface area contributed by atoms with Crippen LogP contribution in [0.15, 0.2) is 218 Å². The normalized spacial score (nSPS) is 13.7. The zero-order valence-electron chi connectivity index (χ0n) is 52.2. The highest BCUT2D eigenvalue weighted by Crippen LogP contribution is 2.52. The van der Waals surface area contributed by atoms with Crippen molar-refractivity contribution in [3.63, 3.8) is 0 Å². The summed E-state index contributed by atoms with van der Waals surface area (Å²) >= 11 is 0. The lowest BCUT2D eigenvalue weighted by molar-refractivity contribution is 0.568. The van der Waals surface area contributed by atoms with Gasteiger partial charge in [-0.2, -0.15) is 0 Å². The molecule has 2 aliphatic heterocycles. The first-order chi connectivity index (χ1) is 41.6. The summed E-state index contributed by atoms with van der Waals surface area (Å²) in [6, 6.07) is 84.2. The van der Waals surface area contributed by atoms with Crippen LogP contribution >= 0.6 is 0 Å². The number of pyridine rings is 1. The maximum atomic E-state index is 5.48. The molecule has 87 heavy (non-hydrogen) atoms. The van der Waals surface area contributed by atoms with Crippen molar-refractivity contribution in [1.82, 2.24) is 4.98 Å². The molecule has 0 bridgehead atoms. The van der Waals surface area contributed by atoms with Crippen LogP contribution in [0.25, 0.3) is 98.3 Å². The lowest BCUT2D eigenvalue weighted by Gasteiger charge is -2.46. The van der Waals surface area contributed by atoms with Gasteiger partial charge in [-0.05, 0) is 197 Å². The summed E-state index contributed by atoms with van der Waals surface area (Å²) < 4.78 is 0. The molecule has 3 nitrogen and oxygen atoms in total. The maximum Gasteiger partial charge on any atom is 0.253 e. The number of rotatable bonds is 5. The Morgan fingerprint density at radius 2 is 0.609 bits per heavy atom. The van der Waals surface area contributed by atoms with Crippen molar-refractivity contribution >= 4 is 122 Å². The first-order valence-corrected chi connectivity index (χ1v) is 31.3. The standard InChI is InChI=1S/C83H72BN3/c1-80(2,3)59-43-60(81(4,5)6)46-63(45-59)86-69-39-55-31-29-51-25-19-27-53-33-35-65(75(55)73(51)53)77(69)84-78-66-36-34-54-28-20-26-52-30-32-56(76(66)74(52)54)40-70(78)87(64-47-61(82(7,8)9)44-62(48-64)83(10,11)12)72-42-58(41-71(86)79(72)84)57-37-67(49-21-15-13-16-22-49)85-68(38-57)50-23-17-14-18-24-50/h13-48H,1-12H3. The molecule has 14 aromatic rings. The van der Waals surface area contributed by atoms with E-state index in [9.17, 15) is 0 Å². The van der Waals surface area contributed by atoms with Crippen LogP contribution < -0.4 is 26.2 Å². The van der Waals surface area contributed by atoms with Crippen LogP contribution in [0.2, 0.25) is 0 Å². The van der Waals surface area contributed by atoms with Gasteiger partial charge >= 0.3 is 0 Å². The monoisotopic (exact) mass is 1120 g/mol. The van der Waals surface area contributed by atoms with Crippen LogP contribution in [0.4, 0.5) is 34.1 Å². The van der Waals surface area contributed by atoms with E-state index < -0.39 is 0 Å². The van der Waals surface area contributed by atoms with Crippen molar-refractivity contribution in [1.29, 1.82) is 0 Å². The van der Waals surface area contributed by atoms with Gasteiger partial charge in [-0.3, -0.25) is 0 Å². The molecule has 0 saturated carbocycles. The number of nitrogens with zero attached hydrogens (tertiary/aromatic N) is 3. The molecule has 0 N–H and O–H groups in total. The minimum atomic E-state index is -0.186. The fourth-order valence-electron chi connectivity index (χ4n) is 14.7. The average Bonchev–Trinajstić information content (AvgIpc) is 0.723. The van der Waals surface area contributed by atoms with Crippen molar-refractivity contribution in [2.45, 2.75) is 105 Å². The molecule has 1 aromatic heterocycles. The number of hydrogen-bond acceptors (Lipinski definition) is 3. The number of fused-ring (bicyclic) bond motifs is 6. The van der Waals surface area contributed by atoms with Gasteiger partial charge in [0, 0.05) is 45.3 Å². The maximum absolute atomic E-state index is 5.48. The molecule has 3 heterocycles. The third-order valence-corrected chi connectivity index (χ3v) is 19.4. The zero-order chi connectivity index (χ0) is 59.8. The summed E-state index contributed by atoms with van der Waals surface area (Å²) in [5.41, 5.74) is 22.1. The molecule has 13 aromatic carbocycles. The Balaban J connectivity index is 1.13. The molecule has 2 aliphatic rings. The molecule has 0 fully saturated rings. The summed E-state index contributed by atoms with van der Waals surface area (Å²) in [5.74, 6) is 0.